The maximum absolute atomic E-state index is 13.6. The molecule has 2 aromatic carbocycles. The van der Waals surface area contributed by atoms with E-state index in [4.69, 9.17) is 11.6 Å². The van der Waals surface area contributed by atoms with Crippen LogP contribution in [0.4, 0.5) is 14.5 Å². The molecule has 0 fully saturated rings. The number of benzene rings is 2. The molecule has 0 aliphatic heterocycles. The second-order valence-electron chi connectivity index (χ2n) is 5.36. The summed E-state index contributed by atoms with van der Waals surface area (Å²) in [5, 5.41) is 2.73. The third-order valence-corrected chi connectivity index (χ3v) is 3.82. The first-order chi connectivity index (χ1) is 11.9. The Bertz CT molecular complexity index is 746. The number of hydrogen-bond donors (Lipinski definition) is 1. The van der Waals surface area contributed by atoms with Crippen LogP contribution in [0.1, 0.15) is 12.5 Å². The third kappa shape index (κ3) is 5.26. The summed E-state index contributed by atoms with van der Waals surface area (Å²) in [6.07, 6.45) is 0.104. The van der Waals surface area contributed by atoms with Gasteiger partial charge in [-0.05, 0) is 36.8 Å². The number of hydrogen-bond acceptors (Lipinski definition) is 2. The van der Waals surface area contributed by atoms with Crippen LogP contribution in [-0.4, -0.2) is 29.8 Å². The maximum atomic E-state index is 13.6. The van der Waals surface area contributed by atoms with E-state index in [1.165, 1.54) is 11.0 Å². The Hall–Kier alpha value is -2.47. The number of carbonyl (C=O) groups is 2. The fourth-order valence-corrected chi connectivity index (χ4v) is 2.36. The minimum Gasteiger partial charge on any atom is -0.333 e. The number of rotatable bonds is 6. The number of nitrogens with one attached hydrogen (secondary N) is 1. The van der Waals surface area contributed by atoms with Gasteiger partial charge in [-0.3, -0.25) is 9.59 Å². The fourth-order valence-electron chi connectivity index (χ4n) is 2.23. The summed E-state index contributed by atoms with van der Waals surface area (Å²) in [6.45, 7) is 1.72. The van der Waals surface area contributed by atoms with Crippen LogP contribution in [0.2, 0.25) is 5.02 Å². The third-order valence-electron chi connectivity index (χ3n) is 3.56. The number of anilines is 1. The minimum atomic E-state index is -0.871. The second kappa shape index (κ2) is 8.58. The predicted molar refractivity (Wildman–Crippen MR) is 92.4 cm³/mol. The molecule has 25 heavy (non-hydrogen) atoms. The standard InChI is InChI=1S/C18H17ClF2N2O2/c1-2-23(17(25)10-12-6-8-13(19)9-7-12)11-16(24)22-18-14(20)4-3-5-15(18)21/h3-9H,2,10-11H2,1H3,(H,22,24). The number of nitrogens with zero attached hydrogens (tertiary/aromatic N) is 1. The smallest absolute Gasteiger partial charge is 0.244 e. The van der Waals surface area contributed by atoms with Gasteiger partial charge >= 0.3 is 0 Å². The largest absolute Gasteiger partial charge is 0.333 e. The number of amides is 2. The summed E-state index contributed by atoms with van der Waals surface area (Å²) in [5.41, 5.74) is 0.238. The average Bonchev–Trinajstić information content (AvgIpc) is 2.58. The Kier molecular flexibility index (Phi) is 6.47. The van der Waals surface area contributed by atoms with Crippen molar-refractivity contribution in [3.63, 3.8) is 0 Å². The van der Waals surface area contributed by atoms with Crippen LogP contribution in [0, 0.1) is 11.6 Å². The molecule has 2 aromatic rings. The van der Waals surface area contributed by atoms with Crippen molar-refractivity contribution in [3.05, 3.63) is 64.7 Å². The average molecular weight is 367 g/mol. The fraction of sp³-hybridized carbons (Fsp3) is 0.222. The van der Waals surface area contributed by atoms with Gasteiger partial charge in [-0.15, -0.1) is 0 Å². The predicted octanol–water partition coefficient (Wildman–Crippen LogP) is 3.65. The molecule has 132 valence electrons. The molecule has 4 nitrogen and oxygen atoms in total. The molecule has 0 unspecified atom stereocenters. The highest BCUT2D eigenvalue weighted by Gasteiger charge is 2.18. The Balaban J connectivity index is 1.99. The molecule has 1 N–H and O–H groups in total. The Morgan fingerprint density at radius 1 is 1.08 bits per heavy atom. The van der Waals surface area contributed by atoms with Crippen LogP contribution in [0.15, 0.2) is 42.5 Å². The zero-order chi connectivity index (χ0) is 18.4. The van der Waals surface area contributed by atoms with Gasteiger partial charge in [0.2, 0.25) is 11.8 Å². The van der Waals surface area contributed by atoms with Crippen molar-refractivity contribution < 1.29 is 18.4 Å². The highest BCUT2D eigenvalue weighted by Crippen LogP contribution is 2.18. The normalized spacial score (nSPS) is 10.4. The van der Waals surface area contributed by atoms with Crippen molar-refractivity contribution in [2.24, 2.45) is 0 Å². The lowest BCUT2D eigenvalue weighted by Crippen LogP contribution is -2.38. The Labute approximate surface area is 149 Å². The van der Waals surface area contributed by atoms with Gasteiger partial charge in [-0.2, -0.15) is 0 Å². The van der Waals surface area contributed by atoms with Crippen LogP contribution < -0.4 is 5.32 Å². The van der Waals surface area contributed by atoms with Crippen molar-refractivity contribution in [2.45, 2.75) is 13.3 Å². The molecule has 2 rings (SSSR count). The summed E-state index contributed by atoms with van der Waals surface area (Å²) in [6, 6.07) is 10.1. The quantitative estimate of drug-likeness (QED) is 0.848. The van der Waals surface area contributed by atoms with E-state index in [0.29, 0.717) is 11.6 Å². The van der Waals surface area contributed by atoms with Gasteiger partial charge in [0.1, 0.15) is 17.3 Å². The van der Waals surface area contributed by atoms with Gasteiger partial charge < -0.3 is 10.2 Å². The molecule has 0 radical (unpaired) electrons. The van der Waals surface area contributed by atoms with Crippen LogP contribution in [0.25, 0.3) is 0 Å². The zero-order valence-electron chi connectivity index (χ0n) is 13.6. The zero-order valence-corrected chi connectivity index (χ0v) is 14.3. The molecule has 0 bridgehead atoms. The Morgan fingerprint density at radius 2 is 1.68 bits per heavy atom. The summed E-state index contributed by atoms with van der Waals surface area (Å²) >= 11 is 5.80. The van der Waals surface area contributed by atoms with E-state index in [1.807, 2.05) is 0 Å². The van der Waals surface area contributed by atoms with Crippen LogP contribution in [-0.2, 0) is 16.0 Å². The molecule has 2 amide bonds. The number of likely N-dealkylation sites (N-methyl/N-ethyl adjacent to an activating group) is 1. The molecule has 0 atom stereocenters. The molecule has 0 aliphatic carbocycles. The molecule has 0 spiro atoms. The van der Waals surface area contributed by atoms with Gasteiger partial charge in [0.25, 0.3) is 0 Å². The maximum Gasteiger partial charge on any atom is 0.244 e. The molecule has 0 aliphatic rings. The van der Waals surface area contributed by atoms with Crippen molar-refractivity contribution in [2.75, 3.05) is 18.4 Å². The molecular formula is C18H17ClF2N2O2. The van der Waals surface area contributed by atoms with Crippen molar-refractivity contribution in [1.82, 2.24) is 4.90 Å². The molecule has 0 heterocycles. The summed E-state index contributed by atoms with van der Waals surface area (Å²) in [7, 11) is 0. The van der Waals surface area contributed by atoms with E-state index < -0.39 is 23.2 Å². The van der Waals surface area contributed by atoms with E-state index in [9.17, 15) is 18.4 Å². The van der Waals surface area contributed by atoms with Crippen LogP contribution in [0.3, 0.4) is 0 Å². The number of para-hydroxylation sites is 1. The molecule has 7 heteroatoms. The molecule has 0 aromatic heterocycles. The first kappa shape index (κ1) is 18.9. The molecular weight excluding hydrogens is 350 g/mol. The van der Waals surface area contributed by atoms with E-state index in [0.717, 1.165) is 17.7 Å². The summed E-state index contributed by atoms with van der Waals surface area (Å²) in [5.74, 6) is -2.68. The van der Waals surface area contributed by atoms with Gasteiger partial charge in [0.05, 0.1) is 13.0 Å². The topological polar surface area (TPSA) is 49.4 Å². The van der Waals surface area contributed by atoms with Crippen LogP contribution in [0.5, 0.6) is 0 Å². The second-order valence-corrected chi connectivity index (χ2v) is 5.79. The van der Waals surface area contributed by atoms with Crippen LogP contribution >= 0.6 is 11.6 Å². The van der Waals surface area contributed by atoms with E-state index >= 15 is 0 Å². The monoisotopic (exact) mass is 366 g/mol. The highest BCUT2D eigenvalue weighted by molar-refractivity contribution is 6.30. The summed E-state index contributed by atoms with van der Waals surface area (Å²) < 4.78 is 27.1. The van der Waals surface area contributed by atoms with E-state index in [-0.39, 0.29) is 18.9 Å². The van der Waals surface area contributed by atoms with Gasteiger partial charge in [-0.25, -0.2) is 8.78 Å². The SMILES string of the molecule is CCN(CC(=O)Nc1c(F)cccc1F)C(=O)Cc1ccc(Cl)cc1. The highest BCUT2D eigenvalue weighted by atomic mass is 35.5. The number of halogens is 3. The summed E-state index contributed by atoms with van der Waals surface area (Å²) in [4.78, 5) is 25.7. The number of carbonyl (C=O) groups excluding carboxylic acids is 2. The lowest BCUT2D eigenvalue weighted by atomic mass is 10.1. The Morgan fingerprint density at radius 3 is 2.24 bits per heavy atom. The van der Waals surface area contributed by atoms with Gasteiger partial charge in [0.15, 0.2) is 0 Å². The minimum absolute atomic E-state index is 0.104. The van der Waals surface area contributed by atoms with Gasteiger partial charge in [0, 0.05) is 11.6 Å². The van der Waals surface area contributed by atoms with Gasteiger partial charge in [-0.1, -0.05) is 29.8 Å². The first-order valence-corrected chi connectivity index (χ1v) is 8.04. The first-order valence-electron chi connectivity index (χ1n) is 7.66. The lowest BCUT2D eigenvalue weighted by molar-refractivity contribution is -0.133. The van der Waals surface area contributed by atoms with E-state index in [1.54, 1.807) is 31.2 Å². The lowest BCUT2D eigenvalue weighted by Gasteiger charge is -2.20. The van der Waals surface area contributed by atoms with Crippen molar-refractivity contribution in [3.8, 4) is 0 Å². The van der Waals surface area contributed by atoms with E-state index in [2.05, 4.69) is 5.32 Å². The van der Waals surface area contributed by atoms with Crippen molar-refractivity contribution in [1.29, 1.82) is 0 Å². The van der Waals surface area contributed by atoms with Crippen molar-refractivity contribution >= 4 is 29.1 Å². The molecule has 0 saturated carbocycles. The molecule has 0 saturated heterocycles.